The molecule has 1 heterocycles. The molecule has 2 unspecified atom stereocenters. The smallest absolute Gasteiger partial charge is 0.0959 e. The number of thiophene rings is 1. The van der Waals surface area contributed by atoms with E-state index in [1.807, 2.05) is 29.6 Å². The highest BCUT2D eigenvalue weighted by atomic mass is 32.1. The first-order valence-electron chi connectivity index (χ1n) is 4.78. The Kier molecular flexibility index (Phi) is 2.72. The summed E-state index contributed by atoms with van der Waals surface area (Å²) >= 11 is 1.60. The van der Waals surface area contributed by atoms with Gasteiger partial charge in [-0.05, 0) is 23.8 Å². The van der Waals surface area contributed by atoms with Gasteiger partial charge in [-0.1, -0.05) is 18.2 Å². The van der Waals surface area contributed by atoms with E-state index in [0.29, 0.717) is 0 Å². The number of nitriles is 1. The Morgan fingerprint density at radius 1 is 1.40 bits per heavy atom. The van der Waals surface area contributed by atoms with Crippen LogP contribution in [0.2, 0.25) is 0 Å². The SMILES string of the molecule is CC(C#N)C(O)c1csc2ccccc12. The van der Waals surface area contributed by atoms with Crippen molar-refractivity contribution in [2.45, 2.75) is 13.0 Å². The summed E-state index contributed by atoms with van der Waals surface area (Å²) in [5.74, 6) is -0.372. The van der Waals surface area contributed by atoms with Crippen molar-refractivity contribution < 1.29 is 5.11 Å². The zero-order chi connectivity index (χ0) is 10.8. The van der Waals surface area contributed by atoms with Gasteiger partial charge in [0.25, 0.3) is 0 Å². The summed E-state index contributed by atoms with van der Waals surface area (Å²) in [6.07, 6.45) is -0.689. The first-order chi connectivity index (χ1) is 7.24. The summed E-state index contributed by atoms with van der Waals surface area (Å²) in [5, 5.41) is 21.7. The monoisotopic (exact) mass is 217 g/mol. The fourth-order valence-corrected chi connectivity index (χ4v) is 2.56. The third-order valence-electron chi connectivity index (χ3n) is 2.51. The Morgan fingerprint density at radius 3 is 2.87 bits per heavy atom. The molecular weight excluding hydrogens is 206 g/mol. The van der Waals surface area contributed by atoms with Gasteiger partial charge >= 0.3 is 0 Å². The molecule has 15 heavy (non-hydrogen) atoms. The zero-order valence-corrected chi connectivity index (χ0v) is 9.16. The summed E-state index contributed by atoms with van der Waals surface area (Å²) in [4.78, 5) is 0. The molecule has 76 valence electrons. The molecule has 0 amide bonds. The summed E-state index contributed by atoms with van der Waals surface area (Å²) < 4.78 is 1.15. The van der Waals surface area contributed by atoms with Crippen LogP contribution in [0.1, 0.15) is 18.6 Å². The van der Waals surface area contributed by atoms with E-state index in [2.05, 4.69) is 6.07 Å². The van der Waals surface area contributed by atoms with Crippen molar-refractivity contribution >= 4 is 21.4 Å². The molecule has 0 saturated carbocycles. The summed E-state index contributed by atoms with van der Waals surface area (Å²) in [6, 6.07) is 10.00. The highest BCUT2D eigenvalue weighted by Gasteiger charge is 2.18. The van der Waals surface area contributed by atoms with Crippen molar-refractivity contribution in [3.8, 4) is 6.07 Å². The van der Waals surface area contributed by atoms with E-state index < -0.39 is 6.10 Å². The fraction of sp³-hybridized carbons (Fsp3) is 0.250. The lowest BCUT2D eigenvalue weighted by molar-refractivity contribution is 0.144. The number of hydrogen-bond acceptors (Lipinski definition) is 3. The number of rotatable bonds is 2. The van der Waals surface area contributed by atoms with Crippen LogP contribution in [0.3, 0.4) is 0 Å². The third-order valence-corrected chi connectivity index (χ3v) is 3.49. The number of nitrogens with zero attached hydrogens (tertiary/aromatic N) is 1. The molecule has 0 radical (unpaired) electrons. The van der Waals surface area contributed by atoms with E-state index in [9.17, 15) is 5.11 Å². The van der Waals surface area contributed by atoms with E-state index >= 15 is 0 Å². The highest BCUT2D eigenvalue weighted by Crippen LogP contribution is 2.33. The maximum atomic E-state index is 9.96. The van der Waals surface area contributed by atoms with E-state index in [-0.39, 0.29) is 5.92 Å². The Hall–Kier alpha value is -1.37. The van der Waals surface area contributed by atoms with E-state index in [1.54, 1.807) is 18.3 Å². The molecule has 0 spiro atoms. The number of fused-ring (bicyclic) bond motifs is 1. The quantitative estimate of drug-likeness (QED) is 0.840. The van der Waals surface area contributed by atoms with Gasteiger partial charge in [-0.2, -0.15) is 5.26 Å². The molecule has 3 heteroatoms. The summed E-state index contributed by atoms with van der Waals surface area (Å²) in [5.41, 5.74) is 0.865. The average molecular weight is 217 g/mol. The second kappa shape index (κ2) is 4.01. The molecule has 1 aromatic carbocycles. The Bertz CT molecular complexity index is 512. The van der Waals surface area contributed by atoms with Crippen LogP contribution in [0.25, 0.3) is 10.1 Å². The van der Waals surface area contributed by atoms with Gasteiger partial charge in [0.2, 0.25) is 0 Å². The van der Waals surface area contributed by atoms with Gasteiger partial charge < -0.3 is 5.11 Å². The van der Waals surface area contributed by atoms with Crippen molar-refractivity contribution in [2.24, 2.45) is 5.92 Å². The maximum Gasteiger partial charge on any atom is 0.0959 e. The minimum atomic E-state index is -0.689. The Balaban J connectivity index is 2.49. The Labute approximate surface area is 92.4 Å². The lowest BCUT2D eigenvalue weighted by Crippen LogP contribution is -2.05. The molecule has 0 bridgehead atoms. The van der Waals surface area contributed by atoms with Gasteiger partial charge in [-0.3, -0.25) is 0 Å². The molecule has 0 aliphatic heterocycles. The van der Waals surface area contributed by atoms with Crippen molar-refractivity contribution in [1.82, 2.24) is 0 Å². The minimum absolute atomic E-state index is 0.372. The van der Waals surface area contributed by atoms with Crippen LogP contribution in [0.5, 0.6) is 0 Å². The van der Waals surface area contributed by atoms with Gasteiger partial charge in [0.05, 0.1) is 18.1 Å². The molecule has 2 aromatic rings. The number of aliphatic hydroxyl groups is 1. The predicted molar refractivity (Wildman–Crippen MR) is 61.6 cm³/mol. The fourth-order valence-electron chi connectivity index (χ4n) is 1.57. The highest BCUT2D eigenvalue weighted by molar-refractivity contribution is 7.17. The first-order valence-corrected chi connectivity index (χ1v) is 5.66. The van der Waals surface area contributed by atoms with Gasteiger partial charge in [0.15, 0.2) is 0 Å². The van der Waals surface area contributed by atoms with E-state index in [1.165, 1.54) is 0 Å². The molecule has 2 atom stereocenters. The van der Waals surface area contributed by atoms with Gasteiger partial charge in [-0.25, -0.2) is 0 Å². The van der Waals surface area contributed by atoms with Gasteiger partial charge in [0, 0.05) is 10.3 Å². The lowest BCUT2D eigenvalue weighted by Gasteiger charge is -2.11. The maximum absolute atomic E-state index is 9.96. The van der Waals surface area contributed by atoms with Crippen LogP contribution >= 0.6 is 11.3 Å². The van der Waals surface area contributed by atoms with Crippen molar-refractivity contribution in [2.75, 3.05) is 0 Å². The second-order valence-electron chi connectivity index (χ2n) is 3.55. The third kappa shape index (κ3) is 1.74. The molecule has 0 saturated heterocycles. The second-order valence-corrected chi connectivity index (χ2v) is 4.46. The van der Waals surface area contributed by atoms with Crippen molar-refractivity contribution in [3.05, 3.63) is 35.2 Å². The zero-order valence-electron chi connectivity index (χ0n) is 8.34. The van der Waals surface area contributed by atoms with Crippen LogP contribution in [-0.2, 0) is 0 Å². The largest absolute Gasteiger partial charge is 0.387 e. The van der Waals surface area contributed by atoms with Crippen LogP contribution in [0.4, 0.5) is 0 Å². The molecule has 1 aromatic heterocycles. The number of hydrogen-bond donors (Lipinski definition) is 1. The standard InChI is InChI=1S/C12H11NOS/c1-8(6-13)12(14)10-7-15-11-5-3-2-4-9(10)11/h2-5,7-8,12,14H,1H3. The molecule has 0 aliphatic rings. The lowest BCUT2D eigenvalue weighted by atomic mass is 9.98. The molecule has 2 rings (SSSR count). The molecule has 0 fully saturated rings. The first kappa shape index (κ1) is 10.2. The molecular formula is C12H11NOS. The topological polar surface area (TPSA) is 44.0 Å². The summed E-state index contributed by atoms with van der Waals surface area (Å²) in [6.45, 7) is 1.73. The van der Waals surface area contributed by atoms with Crippen LogP contribution in [0.15, 0.2) is 29.6 Å². The predicted octanol–water partition coefficient (Wildman–Crippen LogP) is 3.09. The minimum Gasteiger partial charge on any atom is -0.387 e. The molecule has 0 aliphatic carbocycles. The van der Waals surface area contributed by atoms with Crippen LogP contribution in [0, 0.1) is 17.2 Å². The van der Waals surface area contributed by atoms with E-state index in [4.69, 9.17) is 5.26 Å². The van der Waals surface area contributed by atoms with Crippen molar-refractivity contribution in [1.29, 1.82) is 5.26 Å². The average Bonchev–Trinajstić information content (AvgIpc) is 2.70. The van der Waals surface area contributed by atoms with Gasteiger partial charge in [0.1, 0.15) is 0 Å². The Morgan fingerprint density at radius 2 is 2.13 bits per heavy atom. The normalized spacial score (nSPS) is 14.7. The van der Waals surface area contributed by atoms with E-state index in [0.717, 1.165) is 15.6 Å². The number of aliphatic hydroxyl groups excluding tert-OH is 1. The molecule has 2 nitrogen and oxygen atoms in total. The summed E-state index contributed by atoms with van der Waals surface area (Å²) in [7, 11) is 0. The van der Waals surface area contributed by atoms with Crippen LogP contribution in [-0.4, -0.2) is 5.11 Å². The van der Waals surface area contributed by atoms with Crippen molar-refractivity contribution in [3.63, 3.8) is 0 Å². The van der Waals surface area contributed by atoms with Crippen LogP contribution < -0.4 is 0 Å². The molecule has 1 N–H and O–H groups in total. The number of benzene rings is 1. The van der Waals surface area contributed by atoms with Gasteiger partial charge in [-0.15, -0.1) is 11.3 Å².